The fraction of sp³-hybridized carbons (Fsp3) is 0.214. The lowest BCUT2D eigenvalue weighted by atomic mass is 10.0. The van der Waals surface area contributed by atoms with Gasteiger partial charge >= 0.3 is 5.97 Å². The summed E-state index contributed by atoms with van der Waals surface area (Å²) in [5, 5.41) is 9.59. The minimum atomic E-state index is -0.265. The maximum atomic E-state index is 12.8. The summed E-state index contributed by atoms with van der Waals surface area (Å²) in [7, 11) is 0. The lowest BCUT2D eigenvalue weighted by Crippen LogP contribution is -2.10. The van der Waals surface area contributed by atoms with Crippen LogP contribution in [-0.2, 0) is 16.1 Å². The summed E-state index contributed by atoms with van der Waals surface area (Å²) >= 11 is 0. The van der Waals surface area contributed by atoms with Gasteiger partial charge in [-0.15, -0.1) is 0 Å². The standard InChI is InChI=1S/C28H25NO3/c1-28(2)25(17-22(18-29)21-11-5-3-6-12-21)26(28)27(30)31-19-20-10-9-15-24(16-20)32-23-13-7-4-8-14-23/h3-17,25-26H,19H2,1-2H3. The number of para-hydroxylation sites is 1. The van der Waals surface area contributed by atoms with Gasteiger partial charge in [0.15, 0.2) is 0 Å². The topological polar surface area (TPSA) is 59.3 Å². The smallest absolute Gasteiger partial charge is 0.310 e. The van der Waals surface area contributed by atoms with E-state index in [2.05, 4.69) is 6.07 Å². The van der Waals surface area contributed by atoms with Gasteiger partial charge in [-0.25, -0.2) is 0 Å². The predicted octanol–water partition coefficient (Wildman–Crippen LogP) is 6.40. The number of ether oxygens (including phenoxy) is 2. The van der Waals surface area contributed by atoms with Crippen molar-refractivity contribution in [3.8, 4) is 17.6 Å². The predicted molar refractivity (Wildman–Crippen MR) is 124 cm³/mol. The molecule has 160 valence electrons. The first kappa shape index (κ1) is 21.4. The number of allylic oxidation sites excluding steroid dienone is 2. The van der Waals surface area contributed by atoms with Crippen LogP contribution in [0.3, 0.4) is 0 Å². The van der Waals surface area contributed by atoms with Gasteiger partial charge in [0.1, 0.15) is 18.1 Å². The number of rotatable bonds is 7. The van der Waals surface area contributed by atoms with Gasteiger partial charge in [-0.2, -0.15) is 5.26 Å². The highest BCUT2D eigenvalue weighted by Gasteiger charge is 2.61. The molecular formula is C28H25NO3. The van der Waals surface area contributed by atoms with Gasteiger partial charge in [0.2, 0.25) is 0 Å². The Morgan fingerprint density at radius 2 is 1.62 bits per heavy atom. The van der Waals surface area contributed by atoms with Gasteiger partial charge in [-0.1, -0.05) is 80.6 Å². The summed E-state index contributed by atoms with van der Waals surface area (Å²) in [6, 6.07) is 28.9. The third-order valence-electron chi connectivity index (χ3n) is 5.97. The van der Waals surface area contributed by atoms with Crippen molar-refractivity contribution in [3.63, 3.8) is 0 Å². The number of carbonyl (C=O) groups excluding carboxylic acids is 1. The zero-order valence-corrected chi connectivity index (χ0v) is 18.2. The fourth-order valence-corrected chi connectivity index (χ4v) is 4.00. The summed E-state index contributed by atoms with van der Waals surface area (Å²) in [6.07, 6.45) is 1.91. The quantitative estimate of drug-likeness (QED) is 0.326. The van der Waals surface area contributed by atoms with Crippen molar-refractivity contribution < 1.29 is 14.3 Å². The minimum Gasteiger partial charge on any atom is -0.461 e. The second-order valence-corrected chi connectivity index (χ2v) is 8.55. The zero-order chi connectivity index (χ0) is 22.6. The third kappa shape index (κ3) is 4.73. The number of nitriles is 1. The Morgan fingerprint density at radius 1 is 0.969 bits per heavy atom. The van der Waals surface area contributed by atoms with E-state index >= 15 is 0 Å². The van der Waals surface area contributed by atoms with Crippen molar-refractivity contribution in [1.29, 1.82) is 5.26 Å². The van der Waals surface area contributed by atoms with Crippen molar-refractivity contribution in [2.45, 2.75) is 20.5 Å². The largest absolute Gasteiger partial charge is 0.461 e. The van der Waals surface area contributed by atoms with Crippen LogP contribution in [-0.4, -0.2) is 5.97 Å². The maximum Gasteiger partial charge on any atom is 0.310 e. The molecule has 1 fully saturated rings. The van der Waals surface area contributed by atoms with Gasteiger partial charge < -0.3 is 9.47 Å². The molecule has 0 bridgehead atoms. The molecule has 3 aromatic rings. The number of hydrogen-bond donors (Lipinski definition) is 0. The second kappa shape index (κ2) is 9.11. The molecule has 0 N–H and O–H groups in total. The highest BCUT2D eigenvalue weighted by Crippen LogP contribution is 2.60. The van der Waals surface area contributed by atoms with Crippen LogP contribution in [0.25, 0.3) is 5.57 Å². The molecule has 0 amide bonds. The first-order valence-electron chi connectivity index (χ1n) is 10.6. The number of esters is 1. The molecule has 0 heterocycles. The minimum absolute atomic E-state index is 0.0300. The molecule has 0 aromatic heterocycles. The molecule has 32 heavy (non-hydrogen) atoms. The van der Waals surface area contributed by atoms with Gasteiger partial charge in [-0.05, 0) is 46.7 Å². The summed E-state index contributed by atoms with van der Waals surface area (Å²) in [5.74, 6) is 0.911. The van der Waals surface area contributed by atoms with Crippen LogP contribution in [0.1, 0.15) is 25.0 Å². The zero-order valence-electron chi connectivity index (χ0n) is 18.2. The molecule has 3 aromatic carbocycles. The molecule has 2 atom stereocenters. The molecule has 2 unspecified atom stereocenters. The average Bonchev–Trinajstić information content (AvgIpc) is 3.37. The van der Waals surface area contributed by atoms with E-state index in [-0.39, 0.29) is 29.8 Å². The van der Waals surface area contributed by atoms with Crippen molar-refractivity contribution in [2.75, 3.05) is 0 Å². The first-order chi connectivity index (χ1) is 15.5. The van der Waals surface area contributed by atoms with E-state index in [1.54, 1.807) is 0 Å². The van der Waals surface area contributed by atoms with E-state index in [1.807, 2.05) is 105 Å². The Labute approximate surface area is 188 Å². The fourth-order valence-electron chi connectivity index (χ4n) is 4.00. The van der Waals surface area contributed by atoms with Crippen LogP contribution < -0.4 is 4.74 Å². The highest BCUT2D eigenvalue weighted by atomic mass is 16.5. The Hall–Kier alpha value is -3.84. The maximum absolute atomic E-state index is 12.8. The summed E-state index contributed by atoms with van der Waals surface area (Å²) in [4.78, 5) is 12.8. The van der Waals surface area contributed by atoms with E-state index in [0.717, 1.165) is 16.9 Å². The molecule has 4 rings (SSSR count). The molecule has 4 nitrogen and oxygen atoms in total. The summed E-state index contributed by atoms with van der Waals surface area (Å²) in [6.45, 7) is 4.25. The monoisotopic (exact) mass is 423 g/mol. The van der Waals surface area contributed by atoms with E-state index in [1.165, 1.54) is 0 Å². The normalized spacial score (nSPS) is 19.0. The van der Waals surface area contributed by atoms with Crippen molar-refractivity contribution in [2.24, 2.45) is 17.3 Å². The Bertz CT molecular complexity index is 1160. The van der Waals surface area contributed by atoms with E-state index in [9.17, 15) is 10.1 Å². The van der Waals surface area contributed by atoms with E-state index < -0.39 is 0 Å². The second-order valence-electron chi connectivity index (χ2n) is 8.55. The molecule has 1 aliphatic carbocycles. The van der Waals surface area contributed by atoms with Gasteiger partial charge in [0.25, 0.3) is 0 Å². The molecule has 0 aliphatic heterocycles. The van der Waals surface area contributed by atoms with Crippen LogP contribution in [0, 0.1) is 28.6 Å². The number of carbonyl (C=O) groups is 1. The van der Waals surface area contributed by atoms with E-state index in [4.69, 9.17) is 9.47 Å². The molecule has 0 radical (unpaired) electrons. The highest BCUT2D eigenvalue weighted by molar-refractivity contribution is 5.82. The van der Waals surface area contributed by atoms with Gasteiger partial charge in [0.05, 0.1) is 17.6 Å². The van der Waals surface area contributed by atoms with Gasteiger partial charge in [0, 0.05) is 0 Å². The van der Waals surface area contributed by atoms with E-state index in [0.29, 0.717) is 11.3 Å². The van der Waals surface area contributed by atoms with Gasteiger partial charge in [-0.3, -0.25) is 4.79 Å². The van der Waals surface area contributed by atoms with Crippen molar-refractivity contribution in [1.82, 2.24) is 0 Å². The number of hydrogen-bond acceptors (Lipinski definition) is 4. The number of benzene rings is 3. The molecule has 4 heteroatoms. The summed E-state index contributed by atoms with van der Waals surface area (Å²) in [5.41, 5.74) is 2.07. The van der Waals surface area contributed by atoms with Crippen molar-refractivity contribution >= 4 is 11.5 Å². The SMILES string of the molecule is CC1(C)C(C=C(C#N)c2ccccc2)C1C(=O)OCc1cccc(Oc2ccccc2)c1. The number of nitrogens with zero attached hydrogens (tertiary/aromatic N) is 1. The van der Waals surface area contributed by atoms with Crippen molar-refractivity contribution in [3.05, 3.63) is 102 Å². The Morgan fingerprint density at radius 3 is 2.31 bits per heavy atom. The molecule has 0 spiro atoms. The van der Waals surface area contributed by atoms with Crippen LogP contribution in [0.5, 0.6) is 11.5 Å². The lowest BCUT2D eigenvalue weighted by molar-refractivity contribution is -0.147. The van der Waals surface area contributed by atoms with Crippen LogP contribution in [0.4, 0.5) is 0 Å². The van der Waals surface area contributed by atoms with Crippen LogP contribution in [0.15, 0.2) is 91.0 Å². The lowest BCUT2D eigenvalue weighted by Gasteiger charge is -2.09. The molecule has 0 saturated heterocycles. The first-order valence-corrected chi connectivity index (χ1v) is 10.6. The third-order valence-corrected chi connectivity index (χ3v) is 5.97. The average molecular weight is 424 g/mol. The Kier molecular flexibility index (Phi) is 6.09. The summed E-state index contributed by atoms with van der Waals surface area (Å²) < 4.78 is 11.5. The van der Waals surface area contributed by atoms with Crippen LogP contribution in [0.2, 0.25) is 0 Å². The Balaban J connectivity index is 1.40. The van der Waals surface area contributed by atoms with Crippen LogP contribution >= 0.6 is 0 Å². The molecule has 1 aliphatic rings. The molecular weight excluding hydrogens is 398 g/mol. The molecule has 1 saturated carbocycles.